The average Bonchev–Trinajstić information content (AvgIpc) is 2.98. The van der Waals surface area contributed by atoms with E-state index in [9.17, 15) is 0 Å². The predicted octanol–water partition coefficient (Wildman–Crippen LogP) is 3.18. The molecule has 1 heterocycles. The number of rotatable bonds is 7. The van der Waals surface area contributed by atoms with E-state index >= 15 is 0 Å². The van der Waals surface area contributed by atoms with Gasteiger partial charge in [-0.15, -0.1) is 0 Å². The van der Waals surface area contributed by atoms with Gasteiger partial charge in [0.1, 0.15) is 0 Å². The normalized spacial score (nSPS) is 17.6. The van der Waals surface area contributed by atoms with Crippen LogP contribution in [0.5, 0.6) is 0 Å². The molecule has 1 atom stereocenters. The third kappa shape index (κ3) is 3.38. The van der Waals surface area contributed by atoms with E-state index in [1.54, 1.807) is 0 Å². The Hall–Kier alpha value is -0.760. The number of hydrogen-bond donors (Lipinski definition) is 1. The second kappa shape index (κ2) is 5.53. The molecule has 1 aromatic rings. The Balaban J connectivity index is 1.84. The molecule has 2 heteroatoms. The number of nitrogens with zero attached hydrogens (tertiary/aromatic N) is 1. The lowest BCUT2D eigenvalue weighted by Crippen LogP contribution is -2.19. The lowest BCUT2D eigenvalue weighted by atomic mass is 10.1. The number of aromatic nitrogens is 1. The summed E-state index contributed by atoms with van der Waals surface area (Å²) in [5, 5.41) is 3.58. The lowest BCUT2D eigenvalue weighted by molar-refractivity contribution is 0.435. The van der Waals surface area contributed by atoms with Gasteiger partial charge in [0.15, 0.2) is 0 Å². The minimum absolute atomic E-state index is 0.789. The van der Waals surface area contributed by atoms with Crippen molar-refractivity contribution in [3.8, 4) is 0 Å². The second-order valence-electron chi connectivity index (χ2n) is 5.20. The predicted molar refractivity (Wildman–Crippen MR) is 68.4 cm³/mol. The molecule has 0 aromatic carbocycles. The van der Waals surface area contributed by atoms with Gasteiger partial charge in [-0.25, -0.2) is 0 Å². The van der Waals surface area contributed by atoms with Crippen molar-refractivity contribution in [3.63, 3.8) is 0 Å². The van der Waals surface area contributed by atoms with E-state index in [1.165, 1.54) is 37.9 Å². The Kier molecular flexibility index (Phi) is 4.05. The Morgan fingerprint density at radius 1 is 1.50 bits per heavy atom. The maximum atomic E-state index is 3.58. The van der Waals surface area contributed by atoms with Crippen molar-refractivity contribution >= 4 is 0 Å². The van der Waals surface area contributed by atoms with Gasteiger partial charge in [-0.05, 0) is 37.3 Å². The van der Waals surface area contributed by atoms with Gasteiger partial charge in [-0.2, -0.15) is 0 Å². The zero-order chi connectivity index (χ0) is 11.4. The fourth-order valence-electron chi connectivity index (χ4n) is 2.24. The quantitative estimate of drug-likeness (QED) is 0.747. The molecule has 1 aliphatic rings. The molecule has 90 valence electrons. The molecule has 1 aliphatic carbocycles. The molecule has 0 radical (unpaired) electrons. The summed E-state index contributed by atoms with van der Waals surface area (Å²) in [6.07, 6.45) is 7.57. The zero-order valence-electron chi connectivity index (χ0n) is 10.6. The summed E-state index contributed by atoms with van der Waals surface area (Å²) in [7, 11) is 0. The van der Waals surface area contributed by atoms with Gasteiger partial charge >= 0.3 is 0 Å². The highest BCUT2D eigenvalue weighted by Gasteiger charge is 2.20. The van der Waals surface area contributed by atoms with Crippen LogP contribution in [0.4, 0.5) is 0 Å². The summed E-state index contributed by atoms with van der Waals surface area (Å²) < 4.78 is 2.41. The van der Waals surface area contributed by atoms with Gasteiger partial charge in [0.25, 0.3) is 0 Å². The van der Waals surface area contributed by atoms with Gasteiger partial charge in [0, 0.05) is 31.0 Å². The Morgan fingerprint density at radius 3 is 3.00 bits per heavy atom. The van der Waals surface area contributed by atoms with E-state index in [-0.39, 0.29) is 0 Å². The van der Waals surface area contributed by atoms with Crippen LogP contribution >= 0.6 is 0 Å². The molecule has 0 aliphatic heterocycles. The molecule has 0 saturated heterocycles. The van der Waals surface area contributed by atoms with Crippen LogP contribution in [0.3, 0.4) is 0 Å². The van der Waals surface area contributed by atoms with Gasteiger partial charge < -0.3 is 9.88 Å². The van der Waals surface area contributed by atoms with E-state index in [0.717, 1.165) is 18.5 Å². The first-order valence-corrected chi connectivity index (χ1v) is 6.67. The molecule has 1 fully saturated rings. The molecule has 1 unspecified atom stereocenters. The van der Waals surface area contributed by atoms with Crippen LogP contribution in [0.15, 0.2) is 18.3 Å². The van der Waals surface area contributed by atoms with E-state index in [2.05, 4.69) is 42.1 Å². The van der Waals surface area contributed by atoms with Crippen molar-refractivity contribution in [2.45, 2.75) is 58.7 Å². The van der Waals surface area contributed by atoms with Crippen molar-refractivity contribution in [2.24, 2.45) is 5.92 Å². The van der Waals surface area contributed by atoms with Gasteiger partial charge in [0.05, 0.1) is 0 Å². The summed E-state index contributed by atoms with van der Waals surface area (Å²) in [4.78, 5) is 0. The van der Waals surface area contributed by atoms with Crippen LogP contribution in [-0.2, 0) is 13.1 Å². The Labute approximate surface area is 99.0 Å². The van der Waals surface area contributed by atoms with E-state index in [4.69, 9.17) is 0 Å². The van der Waals surface area contributed by atoms with Crippen molar-refractivity contribution in [3.05, 3.63) is 24.0 Å². The lowest BCUT2D eigenvalue weighted by Gasteiger charge is -2.15. The highest BCUT2D eigenvalue weighted by molar-refractivity contribution is 5.07. The number of hydrogen-bond acceptors (Lipinski definition) is 1. The smallest absolute Gasteiger partial charge is 0.0361 e. The molecule has 1 N–H and O–H groups in total. The summed E-state index contributed by atoms with van der Waals surface area (Å²) in [6, 6.07) is 5.22. The van der Waals surface area contributed by atoms with Crippen molar-refractivity contribution in [1.29, 1.82) is 0 Å². The van der Waals surface area contributed by atoms with Crippen molar-refractivity contribution in [1.82, 2.24) is 9.88 Å². The first-order valence-electron chi connectivity index (χ1n) is 6.67. The van der Waals surface area contributed by atoms with Crippen molar-refractivity contribution in [2.75, 3.05) is 0 Å². The van der Waals surface area contributed by atoms with Crippen LogP contribution in [-0.4, -0.2) is 10.6 Å². The SMILES string of the molecule is CCCC(C)Cn1cccc1CNC1CC1. The third-order valence-corrected chi connectivity index (χ3v) is 3.36. The summed E-state index contributed by atoms with van der Waals surface area (Å²) in [5.74, 6) is 0.789. The standard InChI is InChI=1S/C14H24N2/c1-3-5-12(2)11-16-9-4-6-14(16)10-15-13-7-8-13/h4,6,9,12-13,15H,3,5,7-8,10-11H2,1-2H3. The summed E-state index contributed by atoms with van der Waals surface area (Å²) in [6.45, 7) is 6.82. The van der Waals surface area contributed by atoms with Crippen LogP contribution in [0, 0.1) is 5.92 Å². The van der Waals surface area contributed by atoms with Gasteiger partial charge in [0.2, 0.25) is 0 Å². The molecular formula is C14H24N2. The van der Waals surface area contributed by atoms with E-state index in [0.29, 0.717) is 0 Å². The summed E-state index contributed by atoms with van der Waals surface area (Å²) >= 11 is 0. The maximum absolute atomic E-state index is 3.58. The third-order valence-electron chi connectivity index (χ3n) is 3.36. The fourth-order valence-corrected chi connectivity index (χ4v) is 2.24. The molecule has 1 saturated carbocycles. The summed E-state index contributed by atoms with van der Waals surface area (Å²) in [5.41, 5.74) is 1.44. The zero-order valence-corrected chi connectivity index (χ0v) is 10.6. The molecule has 16 heavy (non-hydrogen) atoms. The molecule has 0 bridgehead atoms. The van der Waals surface area contributed by atoms with Crippen LogP contribution in [0.25, 0.3) is 0 Å². The first kappa shape index (κ1) is 11.7. The number of nitrogens with one attached hydrogen (secondary N) is 1. The molecule has 2 rings (SSSR count). The topological polar surface area (TPSA) is 17.0 Å². The highest BCUT2D eigenvalue weighted by Crippen LogP contribution is 2.19. The van der Waals surface area contributed by atoms with E-state index < -0.39 is 0 Å². The Bertz CT molecular complexity index is 312. The second-order valence-corrected chi connectivity index (χ2v) is 5.20. The minimum atomic E-state index is 0.789. The van der Waals surface area contributed by atoms with Gasteiger partial charge in [-0.1, -0.05) is 20.3 Å². The van der Waals surface area contributed by atoms with Crippen molar-refractivity contribution < 1.29 is 0 Å². The molecule has 1 aromatic heterocycles. The molecule has 0 amide bonds. The largest absolute Gasteiger partial charge is 0.350 e. The fraction of sp³-hybridized carbons (Fsp3) is 0.714. The van der Waals surface area contributed by atoms with E-state index in [1.807, 2.05) is 0 Å². The monoisotopic (exact) mass is 220 g/mol. The highest BCUT2D eigenvalue weighted by atomic mass is 15.0. The first-order chi connectivity index (χ1) is 7.79. The Morgan fingerprint density at radius 2 is 2.31 bits per heavy atom. The maximum Gasteiger partial charge on any atom is 0.0361 e. The van der Waals surface area contributed by atoms with Crippen LogP contribution < -0.4 is 5.32 Å². The average molecular weight is 220 g/mol. The molecule has 0 spiro atoms. The van der Waals surface area contributed by atoms with Crippen LogP contribution in [0.2, 0.25) is 0 Å². The molecular weight excluding hydrogens is 196 g/mol. The van der Waals surface area contributed by atoms with Gasteiger partial charge in [-0.3, -0.25) is 0 Å². The molecule has 2 nitrogen and oxygen atoms in total. The van der Waals surface area contributed by atoms with Crippen LogP contribution in [0.1, 0.15) is 45.2 Å². The minimum Gasteiger partial charge on any atom is -0.350 e.